The molecule has 0 atom stereocenters. The molecule has 3 aromatic rings. The van der Waals surface area contributed by atoms with Gasteiger partial charge in [-0.05, 0) is 24.6 Å². The van der Waals surface area contributed by atoms with Crippen LogP contribution in [-0.4, -0.2) is 16.1 Å². The Kier molecular flexibility index (Phi) is 3.96. The van der Waals surface area contributed by atoms with Crippen molar-refractivity contribution in [3.8, 4) is 11.4 Å². The van der Waals surface area contributed by atoms with Crippen LogP contribution in [0.15, 0.2) is 59.1 Å². The van der Waals surface area contributed by atoms with E-state index in [1.807, 2.05) is 37.3 Å². The molecular weight excluding hydrogens is 280 g/mol. The Bertz CT molecular complexity index is 781. The summed E-state index contributed by atoms with van der Waals surface area (Å²) in [5.41, 5.74) is 2.43. The van der Waals surface area contributed by atoms with Crippen molar-refractivity contribution in [3.63, 3.8) is 0 Å². The number of carbonyl (C=O) groups excluding carboxylic acids is 1. The fourth-order valence-corrected chi connectivity index (χ4v) is 2.03. The minimum absolute atomic E-state index is 0.0490. The molecule has 5 nitrogen and oxygen atoms in total. The van der Waals surface area contributed by atoms with Crippen molar-refractivity contribution in [1.29, 1.82) is 0 Å². The fraction of sp³-hybridized carbons (Fsp3) is 0.118. The lowest BCUT2D eigenvalue weighted by atomic mass is 10.1. The van der Waals surface area contributed by atoms with Gasteiger partial charge in [-0.25, -0.2) is 4.79 Å². The van der Waals surface area contributed by atoms with E-state index in [4.69, 9.17) is 9.26 Å². The summed E-state index contributed by atoms with van der Waals surface area (Å²) in [6.07, 6.45) is 0. The maximum atomic E-state index is 11.8. The summed E-state index contributed by atoms with van der Waals surface area (Å²) in [7, 11) is 0. The van der Waals surface area contributed by atoms with Crippen LogP contribution in [0.4, 0.5) is 0 Å². The van der Waals surface area contributed by atoms with Crippen LogP contribution in [0.25, 0.3) is 11.4 Å². The minimum Gasteiger partial charge on any atom is -0.452 e. The molecule has 0 radical (unpaired) electrons. The standard InChI is InChI=1S/C17H14N2O3/c1-12-7-5-6-10-14(12)16-18-15(22-19-16)11-21-17(20)13-8-3-2-4-9-13/h2-10H,11H2,1H3. The van der Waals surface area contributed by atoms with E-state index in [1.54, 1.807) is 24.3 Å². The number of hydrogen-bond donors (Lipinski definition) is 0. The van der Waals surface area contributed by atoms with E-state index in [1.165, 1.54) is 0 Å². The van der Waals surface area contributed by atoms with Gasteiger partial charge in [0.25, 0.3) is 5.89 Å². The van der Waals surface area contributed by atoms with Crippen molar-refractivity contribution in [2.75, 3.05) is 0 Å². The highest BCUT2D eigenvalue weighted by atomic mass is 16.6. The number of rotatable bonds is 4. The predicted molar refractivity (Wildman–Crippen MR) is 80.0 cm³/mol. The SMILES string of the molecule is Cc1ccccc1-c1noc(COC(=O)c2ccccc2)n1. The summed E-state index contributed by atoms with van der Waals surface area (Å²) in [6, 6.07) is 16.5. The third kappa shape index (κ3) is 3.03. The highest BCUT2D eigenvalue weighted by molar-refractivity contribution is 5.89. The van der Waals surface area contributed by atoms with Crippen LogP contribution in [0, 0.1) is 6.92 Å². The molecule has 110 valence electrons. The summed E-state index contributed by atoms with van der Waals surface area (Å²) in [5.74, 6) is 0.336. The Morgan fingerprint density at radius 2 is 1.82 bits per heavy atom. The number of hydrogen-bond acceptors (Lipinski definition) is 5. The Balaban J connectivity index is 1.68. The molecule has 0 aliphatic carbocycles. The first-order valence-corrected chi connectivity index (χ1v) is 6.85. The van der Waals surface area contributed by atoms with Crippen molar-refractivity contribution in [2.45, 2.75) is 13.5 Å². The number of esters is 1. The second kappa shape index (κ2) is 6.22. The molecule has 3 rings (SSSR count). The molecule has 0 aliphatic rings. The summed E-state index contributed by atoms with van der Waals surface area (Å²) >= 11 is 0. The zero-order valence-corrected chi connectivity index (χ0v) is 12.0. The number of ether oxygens (including phenoxy) is 1. The summed E-state index contributed by atoms with van der Waals surface area (Å²) in [6.45, 7) is 1.92. The van der Waals surface area contributed by atoms with Crippen LogP contribution < -0.4 is 0 Å². The first-order valence-electron chi connectivity index (χ1n) is 6.85. The Morgan fingerprint density at radius 1 is 1.09 bits per heavy atom. The van der Waals surface area contributed by atoms with Crippen LogP contribution in [0.1, 0.15) is 21.8 Å². The zero-order chi connectivity index (χ0) is 15.4. The van der Waals surface area contributed by atoms with Gasteiger partial charge in [0.15, 0.2) is 6.61 Å². The van der Waals surface area contributed by atoms with E-state index < -0.39 is 5.97 Å². The first-order chi connectivity index (χ1) is 10.7. The number of aromatic nitrogens is 2. The van der Waals surface area contributed by atoms with Gasteiger partial charge in [0.1, 0.15) is 0 Å². The molecule has 1 heterocycles. The summed E-state index contributed by atoms with van der Waals surface area (Å²) in [4.78, 5) is 16.1. The Labute approximate surface area is 127 Å². The molecule has 0 unspecified atom stereocenters. The molecule has 22 heavy (non-hydrogen) atoms. The third-order valence-electron chi connectivity index (χ3n) is 3.19. The Hall–Kier alpha value is -2.95. The smallest absolute Gasteiger partial charge is 0.338 e. The van der Waals surface area contributed by atoms with Gasteiger partial charge in [0, 0.05) is 5.56 Å². The fourth-order valence-electron chi connectivity index (χ4n) is 2.03. The number of benzene rings is 2. The lowest BCUT2D eigenvalue weighted by Gasteiger charge is -2.01. The molecule has 2 aromatic carbocycles. The maximum Gasteiger partial charge on any atom is 0.338 e. The topological polar surface area (TPSA) is 65.2 Å². The van der Waals surface area contributed by atoms with Gasteiger partial charge in [0.05, 0.1) is 5.56 Å². The van der Waals surface area contributed by atoms with Crippen molar-refractivity contribution in [1.82, 2.24) is 10.1 Å². The summed E-state index contributed by atoms with van der Waals surface area (Å²) in [5, 5.41) is 3.92. The highest BCUT2D eigenvalue weighted by Gasteiger charge is 2.13. The molecule has 0 aliphatic heterocycles. The van der Waals surface area contributed by atoms with Gasteiger partial charge in [-0.1, -0.05) is 47.6 Å². The normalized spacial score (nSPS) is 10.4. The van der Waals surface area contributed by atoms with Crippen LogP contribution in [0.2, 0.25) is 0 Å². The van der Waals surface area contributed by atoms with E-state index in [2.05, 4.69) is 10.1 Å². The lowest BCUT2D eigenvalue weighted by Crippen LogP contribution is -2.05. The van der Waals surface area contributed by atoms with Gasteiger partial charge in [0.2, 0.25) is 5.82 Å². The molecule has 0 bridgehead atoms. The average molecular weight is 294 g/mol. The maximum absolute atomic E-state index is 11.8. The van der Waals surface area contributed by atoms with Crippen molar-refractivity contribution in [3.05, 3.63) is 71.6 Å². The molecule has 0 N–H and O–H groups in total. The monoisotopic (exact) mass is 294 g/mol. The molecule has 0 amide bonds. The third-order valence-corrected chi connectivity index (χ3v) is 3.19. The predicted octanol–water partition coefficient (Wildman–Crippen LogP) is 3.40. The van der Waals surface area contributed by atoms with Crippen molar-refractivity contribution < 1.29 is 14.1 Å². The van der Waals surface area contributed by atoms with E-state index in [9.17, 15) is 4.79 Å². The zero-order valence-electron chi connectivity index (χ0n) is 12.0. The number of aryl methyl sites for hydroxylation is 1. The van der Waals surface area contributed by atoms with Gasteiger partial charge < -0.3 is 9.26 Å². The molecule has 0 fully saturated rings. The second-order valence-corrected chi connectivity index (χ2v) is 4.77. The molecular formula is C17H14N2O3. The number of nitrogens with zero attached hydrogens (tertiary/aromatic N) is 2. The number of carbonyl (C=O) groups is 1. The van der Waals surface area contributed by atoms with Crippen LogP contribution in [0.3, 0.4) is 0 Å². The van der Waals surface area contributed by atoms with E-state index >= 15 is 0 Å². The van der Waals surface area contributed by atoms with Crippen molar-refractivity contribution >= 4 is 5.97 Å². The highest BCUT2D eigenvalue weighted by Crippen LogP contribution is 2.20. The van der Waals surface area contributed by atoms with Gasteiger partial charge in [-0.3, -0.25) is 0 Å². The van der Waals surface area contributed by atoms with Crippen molar-refractivity contribution in [2.24, 2.45) is 0 Å². The van der Waals surface area contributed by atoms with Gasteiger partial charge in [-0.2, -0.15) is 4.98 Å². The van der Waals surface area contributed by atoms with Crippen LogP contribution in [-0.2, 0) is 11.3 Å². The molecule has 5 heteroatoms. The molecule has 0 spiro atoms. The second-order valence-electron chi connectivity index (χ2n) is 4.77. The molecule has 0 saturated carbocycles. The minimum atomic E-state index is -0.420. The van der Waals surface area contributed by atoms with Gasteiger partial charge >= 0.3 is 5.97 Å². The quantitative estimate of drug-likeness (QED) is 0.690. The lowest BCUT2D eigenvalue weighted by molar-refractivity contribution is 0.0430. The average Bonchev–Trinajstić information content (AvgIpc) is 3.02. The van der Waals surface area contributed by atoms with Crippen LogP contribution >= 0.6 is 0 Å². The Morgan fingerprint density at radius 3 is 2.59 bits per heavy atom. The summed E-state index contributed by atoms with van der Waals surface area (Å²) < 4.78 is 10.3. The van der Waals surface area contributed by atoms with E-state index in [0.29, 0.717) is 11.4 Å². The van der Waals surface area contributed by atoms with Gasteiger partial charge in [-0.15, -0.1) is 0 Å². The largest absolute Gasteiger partial charge is 0.452 e. The van der Waals surface area contributed by atoms with E-state index in [-0.39, 0.29) is 12.5 Å². The molecule has 1 aromatic heterocycles. The first kappa shape index (κ1) is 14.0. The van der Waals surface area contributed by atoms with E-state index in [0.717, 1.165) is 11.1 Å². The molecule has 0 saturated heterocycles. The van der Waals surface area contributed by atoms with Crippen LogP contribution in [0.5, 0.6) is 0 Å².